The summed E-state index contributed by atoms with van der Waals surface area (Å²) in [4.78, 5) is 15.8. The van der Waals surface area contributed by atoms with Gasteiger partial charge >= 0.3 is 5.97 Å². The normalized spacial score (nSPS) is 10.5. The average molecular weight is 410 g/mol. The molecule has 21 heavy (non-hydrogen) atoms. The Labute approximate surface area is 144 Å². The van der Waals surface area contributed by atoms with Gasteiger partial charge in [0.15, 0.2) is 10.8 Å². The quantitative estimate of drug-likeness (QED) is 0.586. The van der Waals surface area contributed by atoms with Gasteiger partial charge in [0.05, 0.1) is 10.7 Å². The fraction of sp³-hybridized carbons (Fsp3) is 0.0769. The molecule has 0 aliphatic carbocycles. The van der Waals surface area contributed by atoms with Crippen LogP contribution < -0.4 is 5.73 Å². The van der Waals surface area contributed by atoms with Gasteiger partial charge in [-0.1, -0.05) is 62.9 Å². The number of halogens is 4. The first-order valence-electron chi connectivity index (χ1n) is 5.61. The monoisotopic (exact) mass is 408 g/mol. The lowest BCUT2D eigenvalue weighted by Crippen LogP contribution is -2.10. The number of carbonyl (C=O) groups excluding carboxylic acids is 1. The molecule has 2 aromatic rings. The van der Waals surface area contributed by atoms with Gasteiger partial charge in [-0.2, -0.15) is 0 Å². The number of esters is 1. The summed E-state index contributed by atoms with van der Waals surface area (Å²) in [5, 5.41) is -0.175. The number of pyridine rings is 1. The van der Waals surface area contributed by atoms with Crippen molar-refractivity contribution in [3.63, 3.8) is 0 Å². The Morgan fingerprint density at radius 2 is 1.81 bits per heavy atom. The molecule has 0 spiro atoms. The SMILES string of the molecule is Nc1c(Cl)c(Cl)nc(C(=O)OCc2ccc(Br)cc2)c1Cl. The van der Waals surface area contributed by atoms with Crippen molar-refractivity contribution in [2.45, 2.75) is 6.61 Å². The van der Waals surface area contributed by atoms with Gasteiger partial charge in [-0.25, -0.2) is 9.78 Å². The van der Waals surface area contributed by atoms with Crippen LogP contribution in [0, 0.1) is 0 Å². The van der Waals surface area contributed by atoms with Crippen molar-refractivity contribution < 1.29 is 9.53 Å². The molecule has 0 radical (unpaired) electrons. The van der Waals surface area contributed by atoms with Crippen molar-refractivity contribution in [1.29, 1.82) is 0 Å². The van der Waals surface area contributed by atoms with Crippen molar-refractivity contribution in [1.82, 2.24) is 4.98 Å². The Morgan fingerprint density at radius 3 is 2.43 bits per heavy atom. The van der Waals surface area contributed by atoms with E-state index in [-0.39, 0.29) is 33.2 Å². The molecule has 0 unspecified atom stereocenters. The number of anilines is 1. The second kappa shape index (κ2) is 6.83. The number of nitrogens with zero attached hydrogens (tertiary/aromatic N) is 1. The molecule has 8 heteroatoms. The number of ether oxygens (including phenoxy) is 1. The highest BCUT2D eigenvalue weighted by Crippen LogP contribution is 2.34. The van der Waals surface area contributed by atoms with Crippen LogP contribution in [0.5, 0.6) is 0 Å². The van der Waals surface area contributed by atoms with Crippen LogP contribution in [0.4, 0.5) is 5.69 Å². The Kier molecular flexibility index (Phi) is 5.32. The predicted octanol–water partition coefficient (Wildman–Crippen LogP) is 4.74. The molecule has 0 saturated carbocycles. The lowest BCUT2D eigenvalue weighted by Gasteiger charge is -2.09. The minimum atomic E-state index is -0.729. The molecule has 0 fully saturated rings. The van der Waals surface area contributed by atoms with E-state index in [9.17, 15) is 4.79 Å². The van der Waals surface area contributed by atoms with Gasteiger partial charge in [0.1, 0.15) is 11.6 Å². The maximum atomic E-state index is 12.0. The van der Waals surface area contributed by atoms with E-state index in [4.69, 9.17) is 45.3 Å². The molecule has 2 N–H and O–H groups in total. The number of nitrogens with two attached hydrogens (primary N) is 1. The minimum Gasteiger partial charge on any atom is -0.456 e. The number of hydrogen-bond donors (Lipinski definition) is 1. The first-order valence-corrected chi connectivity index (χ1v) is 7.54. The number of carbonyl (C=O) groups is 1. The minimum absolute atomic E-state index is 0.00562. The zero-order valence-electron chi connectivity index (χ0n) is 10.4. The smallest absolute Gasteiger partial charge is 0.358 e. The van der Waals surface area contributed by atoms with Gasteiger partial charge in [-0.05, 0) is 17.7 Å². The fourth-order valence-corrected chi connectivity index (χ4v) is 2.31. The van der Waals surface area contributed by atoms with Crippen molar-refractivity contribution in [2.24, 2.45) is 0 Å². The number of aromatic nitrogens is 1. The van der Waals surface area contributed by atoms with Crippen molar-refractivity contribution >= 4 is 62.4 Å². The third kappa shape index (κ3) is 3.80. The van der Waals surface area contributed by atoms with Crippen molar-refractivity contribution in [3.8, 4) is 0 Å². The fourth-order valence-electron chi connectivity index (χ4n) is 1.46. The molecule has 0 aliphatic rings. The highest BCUT2D eigenvalue weighted by molar-refractivity contribution is 9.10. The van der Waals surface area contributed by atoms with Crippen molar-refractivity contribution in [2.75, 3.05) is 5.73 Å². The van der Waals surface area contributed by atoms with Crippen LogP contribution >= 0.6 is 50.7 Å². The van der Waals surface area contributed by atoms with E-state index < -0.39 is 5.97 Å². The maximum absolute atomic E-state index is 12.0. The summed E-state index contributed by atoms with van der Waals surface area (Å²) in [6.45, 7) is 0.0737. The van der Waals surface area contributed by atoms with Crippen molar-refractivity contribution in [3.05, 3.63) is 55.2 Å². The lowest BCUT2D eigenvalue weighted by molar-refractivity contribution is 0.0466. The van der Waals surface area contributed by atoms with Gasteiger partial charge in [0.2, 0.25) is 0 Å². The number of nitrogen functional groups attached to an aromatic ring is 1. The van der Waals surface area contributed by atoms with E-state index in [1.165, 1.54) is 0 Å². The summed E-state index contributed by atoms with van der Waals surface area (Å²) < 4.78 is 6.06. The lowest BCUT2D eigenvalue weighted by atomic mass is 10.2. The molecule has 0 atom stereocenters. The highest BCUT2D eigenvalue weighted by atomic mass is 79.9. The molecule has 1 aromatic carbocycles. The maximum Gasteiger partial charge on any atom is 0.358 e. The van der Waals surface area contributed by atoms with Crippen LogP contribution in [0.15, 0.2) is 28.7 Å². The molecule has 110 valence electrons. The zero-order chi connectivity index (χ0) is 15.6. The molecule has 4 nitrogen and oxygen atoms in total. The second-order valence-corrected chi connectivity index (χ2v) is 6.03. The second-order valence-electron chi connectivity index (χ2n) is 4.00. The molecule has 0 saturated heterocycles. The Hall–Kier alpha value is -1.01. The number of hydrogen-bond acceptors (Lipinski definition) is 4. The molecular weight excluding hydrogens is 402 g/mol. The van der Waals surface area contributed by atoms with E-state index in [0.29, 0.717) is 0 Å². The van der Waals surface area contributed by atoms with Gasteiger partial charge in [0.25, 0.3) is 0 Å². The van der Waals surface area contributed by atoms with E-state index >= 15 is 0 Å². The topological polar surface area (TPSA) is 65.2 Å². The molecule has 1 heterocycles. The molecular formula is C13H8BrCl3N2O2. The average Bonchev–Trinajstić information content (AvgIpc) is 2.48. The summed E-state index contributed by atoms with van der Waals surface area (Å²) in [7, 11) is 0. The molecule has 1 aromatic heterocycles. The third-order valence-corrected chi connectivity index (χ3v) is 4.21. The number of benzene rings is 1. The van der Waals surface area contributed by atoms with Crippen LogP contribution in [-0.2, 0) is 11.3 Å². The van der Waals surface area contributed by atoms with Crippen LogP contribution in [0.3, 0.4) is 0 Å². The highest BCUT2D eigenvalue weighted by Gasteiger charge is 2.20. The predicted molar refractivity (Wildman–Crippen MR) is 86.9 cm³/mol. The van der Waals surface area contributed by atoms with Gasteiger partial charge in [-0.15, -0.1) is 0 Å². The molecule has 2 rings (SSSR count). The zero-order valence-corrected chi connectivity index (χ0v) is 14.2. The first-order chi connectivity index (χ1) is 9.90. The standard InChI is InChI=1S/C13H8BrCl3N2O2/c14-7-3-1-6(2-4-7)5-21-13(20)11-8(15)10(18)9(16)12(17)19-11/h1-4H,5H2,(H2,18,19). The van der Waals surface area contributed by atoms with Crippen LogP contribution in [0.2, 0.25) is 15.2 Å². The van der Waals surface area contributed by atoms with Gasteiger partial charge in [-0.3, -0.25) is 0 Å². The van der Waals surface area contributed by atoms with Gasteiger partial charge < -0.3 is 10.5 Å². The van der Waals surface area contributed by atoms with Gasteiger partial charge in [0, 0.05) is 4.47 Å². The molecule has 0 amide bonds. The van der Waals surface area contributed by atoms with Crippen LogP contribution in [-0.4, -0.2) is 11.0 Å². The van der Waals surface area contributed by atoms with E-state index in [1.807, 2.05) is 24.3 Å². The van der Waals surface area contributed by atoms with Crippen LogP contribution in [0.1, 0.15) is 16.1 Å². The number of rotatable bonds is 3. The summed E-state index contributed by atoms with van der Waals surface area (Å²) in [5.41, 5.74) is 6.29. The van der Waals surface area contributed by atoms with Crippen LogP contribution in [0.25, 0.3) is 0 Å². The van der Waals surface area contributed by atoms with E-state index in [1.54, 1.807) is 0 Å². The largest absolute Gasteiger partial charge is 0.456 e. The Balaban J connectivity index is 2.16. The molecule has 0 aliphatic heterocycles. The summed E-state index contributed by atoms with van der Waals surface area (Å²) in [6.07, 6.45) is 0. The van der Waals surface area contributed by atoms with E-state index in [0.717, 1.165) is 10.0 Å². The molecule has 0 bridgehead atoms. The Morgan fingerprint density at radius 1 is 1.19 bits per heavy atom. The summed E-state index contributed by atoms with van der Waals surface area (Å²) >= 11 is 20.8. The summed E-state index contributed by atoms with van der Waals surface area (Å²) in [5.74, 6) is -0.729. The first kappa shape index (κ1) is 16.4. The Bertz CT molecular complexity index is 693. The third-order valence-electron chi connectivity index (χ3n) is 2.55. The summed E-state index contributed by atoms with van der Waals surface area (Å²) in [6, 6.07) is 7.31. The van der Waals surface area contributed by atoms with E-state index in [2.05, 4.69) is 20.9 Å².